The molecule has 0 atom stereocenters. The molecule has 0 spiro atoms. The van der Waals surface area contributed by atoms with Gasteiger partial charge in [-0.1, -0.05) is 15.9 Å². The largest absolute Gasteiger partial charge is 0.348 e. The van der Waals surface area contributed by atoms with Crippen LogP contribution in [0.15, 0.2) is 22.7 Å². The van der Waals surface area contributed by atoms with E-state index in [1.165, 1.54) is 0 Å². The van der Waals surface area contributed by atoms with E-state index in [9.17, 15) is 9.59 Å². The van der Waals surface area contributed by atoms with Crippen molar-refractivity contribution in [1.82, 2.24) is 10.2 Å². The summed E-state index contributed by atoms with van der Waals surface area (Å²) in [6.07, 6.45) is 0.809. The first-order valence-corrected chi connectivity index (χ1v) is 7.19. The van der Waals surface area contributed by atoms with Gasteiger partial charge in [-0.3, -0.25) is 9.59 Å². The number of hydrogen-bond acceptors (Lipinski definition) is 3. The van der Waals surface area contributed by atoms with Crippen molar-refractivity contribution in [2.75, 3.05) is 32.5 Å². The molecule has 2 amide bonds. The van der Waals surface area contributed by atoms with Crippen molar-refractivity contribution >= 4 is 33.4 Å². The Morgan fingerprint density at radius 3 is 2.55 bits per heavy atom. The van der Waals surface area contributed by atoms with Gasteiger partial charge < -0.3 is 15.5 Å². The molecule has 1 aromatic carbocycles. The van der Waals surface area contributed by atoms with Crippen LogP contribution >= 0.6 is 15.9 Å². The van der Waals surface area contributed by atoms with Gasteiger partial charge in [-0.15, -0.1) is 0 Å². The summed E-state index contributed by atoms with van der Waals surface area (Å²) in [6, 6.07) is 5.38. The average molecular weight is 342 g/mol. The number of amides is 2. The predicted molar refractivity (Wildman–Crippen MR) is 83.7 cm³/mol. The van der Waals surface area contributed by atoms with Crippen LogP contribution in [0.3, 0.4) is 0 Å². The van der Waals surface area contributed by atoms with Gasteiger partial charge >= 0.3 is 11.8 Å². The molecule has 0 aliphatic rings. The number of benzene rings is 1. The van der Waals surface area contributed by atoms with Gasteiger partial charge in [0.2, 0.25) is 0 Å². The lowest BCUT2D eigenvalue weighted by atomic mass is 10.2. The number of hydrogen-bond donors (Lipinski definition) is 2. The van der Waals surface area contributed by atoms with Gasteiger partial charge in [0.05, 0.1) is 0 Å². The average Bonchev–Trinajstić information content (AvgIpc) is 2.38. The Labute approximate surface area is 127 Å². The van der Waals surface area contributed by atoms with Crippen LogP contribution in [0.1, 0.15) is 12.0 Å². The van der Waals surface area contributed by atoms with Crippen molar-refractivity contribution in [2.24, 2.45) is 0 Å². The molecule has 0 unspecified atom stereocenters. The van der Waals surface area contributed by atoms with E-state index in [1.807, 2.05) is 32.0 Å². The molecule has 0 aromatic heterocycles. The van der Waals surface area contributed by atoms with Crippen LogP contribution in [0.5, 0.6) is 0 Å². The second kappa shape index (κ2) is 8.01. The molecule has 110 valence electrons. The smallest absolute Gasteiger partial charge is 0.313 e. The zero-order valence-corrected chi connectivity index (χ0v) is 13.6. The normalized spacial score (nSPS) is 10.4. The van der Waals surface area contributed by atoms with E-state index in [-0.39, 0.29) is 0 Å². The maximum absolute atomic E-state index is 11.7. The molecule has 0 aliphatic heterocycles. The first kappa shape index (κ1) is 16.7. The predicted octanol–water partition coefficient (Wildman–Crippen LogP) is 1.76. The Morgan fingerprint density at radius 2 is 1.95 bits per heavy atom. The number of anilines is 1. The second-order valence-corrected chi connectivity index (χ2v) is 5.69. The summed E-state index contributed by atoms with van der Waals surface area (Å²) < 4.78 is 0.962. The molecule has 0 bridgehead atoms. The van der Waals surface area contributed by atoms with E-state index in [4.69, 9.17) is 0 Å². The molecule has 0 saturated heterocycles. The number of rotatable bonds is 5. The second-order valence-electron chi connectivity index (χ2n) is 4.83. The summed E-state index contributed by atoms with van der Waals surface area (Å²) in [6.45, 7) is 3.28. The summed E-state index contributed by atoms with van der Waals surface area (Å²) in [7, 11) is 3.93. The maximum Gasteiger partial charge on any atom is 0.313 e. The molecule has 6 heteroatoms. The van der Waals surface area contributed by atoms with Gasteiger partial charge in [0.25, 0.3) is 0 Å². The topological polar surface area (TPSA) is 61.4 Å². The lowest BCUT2D eigenvalue weighted by molar-refractivity contribution is -0.136. The first-order valence-electron chi connectivity index (χ1n) is 6.40. The lowest BCUT2D eigenvalue weighted by Crippen LogP contribution is -2.36. The quantitative estimate of drug-likeness (QED) is 0.633. The van der Waals surface area contributed by atoms with Crippen molar-refractivity contribution in [2.45, 2.75) is 13.3 Å². The fourth-order valence-electron chi connectivity index (χ4n) is 1.59. The number of carbonyl (C=O) groups is 2. The molecule has 0 fully saturated rings. The van der Waals surface area contributed by atoms with Crippen molar-refractivity contribution in [3.63, 3.8) is 0 Å². The molecule has 20 heavy (non-hydrogen) atoms. The third kappa shape index (κ3) is 5.71. The van der Waals surface area contributed by atoms with E-state index in [0.29, 0.717) is 12.2 Å². The highest BCUT2D eigenvalue weighted by Gasteiger charge is 2.13. The Morgan fingerprint density at radius 1 is 1.25 bits per heavy atom. The fraction of sp³-hybridized carbons (Fsp3) is 0.429. The third-order valence-electron chi connectivity index (χ3n) is 2.69. The lowest BCUT2D eigenvalue weighted by Gasteiger charge is -2.10. The van der Waals surface area contributed by atoms with Crippen LogP contribution in [-0.4, -0.2) is 43.9 Å². The highest BCUT2D eigenvalue weighted by molar-refractivity contribution is 9.10. The van der Waals surface area contributed by atoms with E-state index >= 15 is 0 Å². The fourth-order valence-corrected chi connectivity index (χ4v) is 1.83. The molecule has 0 radical (unpaired) electrons. The summed E-state index contributed by atoms with van der Waals surface area (Å²) in [4.78, 5) is 25.3. The van der Waals surface area contributed by atoms with E-state index in [1.54, 1.807) is 12.1 Å². The van der Waals surface area contributed by atoms with Gasteiger partial charge in [-0.2, -0.15) is 0 Å². The third-order valence-corrected chi connectivity index (χ3v) is 3.58. The first-order chi connectivity index (χ1) is 9.40. The van der Waals surface area contributed by atoms with Crippen LogP contribution in [0, 0.1) is 6.92 Å². The van der Waals surface area contributed by atoms with Gasteiger partial charge in [0.15, 0.2) is 0 Å². The van der Waals surface area contributed by atoms with Gasteiger partial charge in [-0.05, 0) is 57.7 Å². The van der Waals surface area contributed by atoms with Crippen molar-refractivity contribution in [3.05, 3.63) is 28.2 Å². The molecular weight excluding hydrogens is 322 g/mol. The maximum atomic E-state index is 11.7. The molecule has 0 saturated carbocycles. The number of carbonyl (C=O) groups excluding carboxylic acids is 2. The monoisotopic (exact) mass is 341 g/mol. The van der Waals surface area contributed by atoms with Crippen molar-refractivity contribution in [3.8, 4) is 0 Å². The SMILES string of the molecule is Cc1cc(NC(=O)C(=O)NCCCN(C)C)ccc1Br. The zero-order valence-electron chi connectivity index (χ0n) is 12.0. The molecular formula is C14H20BrN3O2. The molecule has 1 rings (SSSR count). The van der Waals surface area contributed by atoms with Gasteiger partial charge in [0.1, 0.15) is 0 Å². The van der Waals surface area contributed by atoms with Crippen LogP contribution in [-0.2, 0) is 9.59 Å². The minimum absolute atomic E-state index is 0.490. The molecule has 5 nitrogen and oxygen atoms in total. The van der Waals surface area contributed by atoms with E-state index < -0.39 is 11.8 Å². The molecule has 2 N–H and O–H groups in total. The van der Waals surface area contributed by atoms with Crippen LogP contribution in [0.4, 0.5) is 5.69 Å². The minimum atomic E-state index is -0.642. The highest BCUT2D eigenvalue weighted by atomic mass is 79.9. The minimum Gasteiger partial charge on any atom is -0.348 e. The van der Waals surface area contributed by atoms with Gasteiger partial charge in [0, 0.05) is 16.7 Å². The van der Waals surface area contributed by atoms with Crippen molar-refractivity contribution in [1.29, 1.82) is 0 Å². The Bertz CT molecular complexity index is 489. The van der Waals surface area contributed by atoms with Crippen LogP contribution in [0.25, 0.3) is 0 Å². The molecule has 0 heterocycles. The number of nitrogens with one attached hydrogen (secondary N) is 2. The van der Waals surface area contributed by atoms with Crippen LogP contribution < -0.4 is 10.6 Å². The summed E-state index contributed by atoms with van der Waals surface area (Å²) in [5.41, 5.74) is 1.60. The Kier molecular flexibility index (Phi) is 6.67. The Balaban J connectivity index is 2.41. The van der Waals surface area contributed by atoms with E-state index in [0.717, 1.165) is 23.0 Å². The summed E-state index contributed by atoms with van der Waals surface area (Å²) >= 11 is 3.38. The zero-order chi connectivity index (χ0) is 15.1. The van der Waals surface area contributed by atoms with Crippen molar-refractivity contribution < 1.29 is 9.59 Å². The van der Waals surface area contributed by atoms with E-state index in [2.05, 4.69) is 26.6 Å². The standard InChI is InChI=1S/C14H20BrN3O2/c1-10-9-11(5-6-12(10)15)17-14(20)13(19)16-7-4-8-18(2)3/h5-6,9H,4,7-8H2,1-3H3,(H,16,19)(H,17,20). The number of aryl methyl sites for hydroxylation is 1. The number of halogens is 1. The Hall–Kier alpha value is -1.40. The molecule has 0 aliphatic carbocycles. The van der Waals surface area contributed by atoms with Crippen LogP contribution in [0.2, 0.25) is 0 Å². The van der Waals surface area contributed by atoms with Gasteiger partial charge in [-0.25, -0.2) is 0 Å². The summed E-state index contributed by atoms with van der Waals surface area (Å²) in [5.74, 6) is -1.25. The highest BCUT2D eigenvalue weighted by Crippen LogP contribution is 2.19. The molecule has 1 aromatic rings. The summed E-state index contributed by atoms with van der Waals surface area (Å²) in [5, 5.41) is 5.17. The number of nitrogens with zero attached hydrogens (tertiary/aromatic N) is 1.